The van der Waals surface area contributed by atoms with E-state index in [-0.39, 0.29) is 18.3 Å². The first-order valence-corrected chi connectivity index (χ1v) is 3.86. The third-order valence-electron chi connectivity index (χ3n) is 1.71. The SMILES string of the molecule is N.N[C@@H](Cc1ccc(O)cc1)C(=O)O. The zero-order valence-corrected chi connectivity index (χ0v) is 7.68. The minimum atomic E-state index is -1.02. The van der Waals surface area contributed by atoms with E-state index < -0.39 is 12.0 Å². The molecule has 0 unspecified atom stereocenters. The van der Waals surface area contributed by atoms with E-state index in [2.05, 4.69) is 0 Å². The second-order valence-corrected chi connectivity index (χ2v) is 2.82. The van der Waals surface area contributed by atoms with Crippen molar-refractivity contribution in [3.05, 3.63) is 29.8 Å². The van der Waals surface area contributed by atoms with Gasteiger partial charge in [0.25, 0.3) is 0 Å². The third kappa shape index (κ3) is 3.42. The molecular formula is C9H14N2O3. The number of nitrogens with two attached hydrogens (primary N) is 1. The van der Waals surface area contributed by atoms with Gasteiger partial charge >= 0.3 is 5.97 Å². The van der Waals surface area contributed by atoms with Crippen LogP contribution >= 0.6 is 0 Å². The van der Waals surface area contributed by atoms with Gasteiger partial charge < -0.3 is 22.1 Å². The standard InChI is InChI=1S/C9H11NO3.H3N/c10-8(9(12)13)5-6-1-3-7(11)4-2-6;/h1-4,8,11H,5,10H2,(H,12,13);1H3/t8-;/m0./s1. The van der Waals surface area contributed by atoms with Crippen molar-refractivity contribution in [2.75, 3.05) is 0 Å². The Morgan fingerprint density at radius 1 is 1.36 bits per heavy atom. The van der Waals surface area contributed by atoms with E-state index in [1.165, 1.54) is 12.1 Å². The number of aliphatic carboxylic acids is 1. The maximum atomic E-state index is 10.4. The summed E-state index contributed by atoms with van der Waals surface area (Å²) >= 11 is 0. The summed E-state index contributed by atoms with van der Waals surface area (Å²) in [5, 5.41) is 17.5. The van der Waals surface area contributed by atoms with Crippen molar-refractivity contribution < 1.29 is 15.0 Å². The highest BCUT2D eigenvalue weighted by Crippen LogP contribution is 2.10. The lowest BCUT2D eigenvalue weighted by Gasteiger charge is -2.05. The number of rotatable bonds is 3. The summed E-state index contributed by atoms with van der Waals surface area (Å²) in [4.78, 5) is 10.4. The van der Waals surface area contributed by atoms with E-state index >= 15 is 0 Å². The van der Waals surface area contributed by atoms with Crippen molar-refractivity contribution in [3.63, 3.8) is 0 Å². The first-order valence-electron chi connectivity index (χ1n) is 3.86. The van der Waals surface area contributed by atoms with Crippen molar-refractivity contribution in [1.29, 1.82) is 0 Å². The molecule has 0 aliphatic rings. The van der Waals surface area contributed by atoms with E-state index in [0.29, 0.717) is 0 Å². The van der Waals surface area contributed by atoms with Gasteiger partial charge in [-0.05, 0) is 24.1 Å². The van der Waals surface area contributed by atoms with Gasteiger partial charge in [-0.15, -0.1) is 0 Å². The summed E-state index contributed by atoms with van der Waals surface area (Å²) in [5.41, 5.74) is 6.12. The molecule has 78 valence electrons. The Morgan fingerprint density at radius 2 is 1.86 bits per heavy atom. The van der Waals surface area contributed by atoms with E-state index in [1.807, 2.05) is 0 Å². The highest BCUT2D eigenvalue weighted by atomic mass is 16.4. The quantitative estimate of drug-likeness (QED) is 0.564. The maximum absolute atomic E-state index is 10.4. The van der Waals surface area contributed by atoms with Crippen LogP contribution in [0, 0.1) is 0 Å². The molecule has 0 aliphatic carbocycles. The summed E-state index contributed by atoms with van der Waals surface area (Å²) in [7, 11) is 0. The van der Waals surface area contributed by atoms with Crippen LogP contribution in [0.15, 0.2) is 24.3 Å². The molecule has 14 heavy (non-hydrogen) atoms. The van der Waals surface area contributed by atoms with Gasteiger partial charge in [0.05, 0.1) is 0 Å². The molecule has 0 spiro atoms. The van der Waals surface area contributed by atoms with Crippen LogP contribution in [0.5, 0.6) is 5.75 Å². The average Bonchev–Trinajstić information content (AvgIpc) is 2.08. The Balaban J connectivity index is 0.00000169. The summed E-state index contributed by atoms with van der Waals surface area (Å²) in [6, 6.07) is 5.42. The van der Waals surface area contributed by atoms with E-state index in [9.17, 15) is 4.79 Å². The monoisotopic (exact) mass is 198 g/mol. The number of carboxylic acid groups (broad SMARTS) is 1. The summed E-state index contributed by atoms with van der Waals surface area (Å²) in [6.07, 6.45) is 0.273. The Kier molecular flexibility index (Phi) is 4.62. The number of benzene rings is 1. The number of phenols is 1. The Labute approximate surface area is 81.8 Å². The number of hydrogen-bond acceptors (Lipinski definition) is 4. The van der Waals surface area contributed by atoms with Crippen molar-refractivity contribution in [1.82, 2.24) is 6.15 Å². The van der Waals surface area contributed by atoms with E-state index in [0.717, 1.165) is 5.56 Å². The normalized spacial score (nSPS) is 11.5. The van der Waals surface area contributed by atoms with Gasteiger partial charge in [-0.1, -0.05) is 12.1 Å². The molecule has 0 saturated carbocycles. The molecule has 0 radical (unpaired) electrons. The Morgan fingerprint density at radius 3 is 2.29 bits per heavy atom. The molecular weight excluding hydrogens is 184 g/mol. The lowest BCUT2D eigenvalue weighted by Crippen LogP contribution is -2.32. The van der Waals surface area contributed by atoms with Crippen LogP contribution in [-0.4, -0.2) is 22.2 Å². The zero-order chi connectivity index (χ0) is 9.84. The smallest absolute Gasteiger partial charge is 0.320 e. The van der Waals surface area contributed by atoms with Crippen LogP contribution in [-0.2, 0) is 11.2 Å². The van der Waals surface area contributed by atoms with Gasteiger partial charge in [-0.25, -0.2) is 0 Å². The lowest BCUT2D eigenvalue weighted by atomic mass is 10.1. The Hall–Kier alpha value is -1.59. The van der Waals surface area contributed by atoms with Gasteiger partial charge in [0.1, 0.15) is 11.8 Å². The van der Waals surface area contributed by atoms with Gasteiger partial charge in [0.2, 0.25) is 0 Å². The molecule has 0 amide bonds. The van der Waals surface area contributed by atoms with Crippen molar-refractivity contribution >= 4 is 5.97 Å². The molecule has 5 heteroatoms. The first kappa shape index (κ1) is 12.4. The summed E-state index contributed by atoms with van der Waals surface area (Å²) in [5.74, 6) is -0.860. The fourth-order valence-electron chi connectivity index (χ4n) is 0.973. The topological polar surface area (TPSA) is 119 Å². The zero-order valence-electron chi connectivity index (χ0n) is 7.68. The molecule has 0 aliphatic heterocycles. The van der Waals surface area contributed by atoms with Crippen LogP contribution in [0.25, 0.3) is 0 Å². The molecule has 7 N–H and O–H groups in total. The van der Waals surface area contributed by atoms with Crippen LogP contribution in [0.1, 0.15) is 5.56 Å². The van der Waals surface area contributed by atoms with Crippen LogP contribution in [0.4, 0.5) is 0 Å². The van der Waals surface area contributed by atoms with E-state index in [1.54, 1.807) is 12.1 Å². The summed E-state index contributed by atoms with van der Waals surface area (Å²) < 4.78 is 0. The summed E-state index contributed by atoms with van der Waals surface area (Å²) in [6.45, 7) is 0. The number of carboxylic acids is 1. The van der Waals surface area contributed by atoms with Crippen molar-refractivity contribution in [2.24, 2.45) is 5.73 Å². The molecule has 0 bridgehead atoms. The predicted molar refractivity (Wildman–Crippen MR) is 52.4 cm³/mol. The molecule has 1 rings (SSSR count). The molecule has 1 aromatic rings. The highest BCUT2D eigenvalue weighted by molar-refractivity contribution is 5.73. The number of carbonyl (C=O) groups is 1. The van der Waals surface area contributed by atoms with E-state index in [4.69, 9.17) is 15.9 Å². The van der Waals surface area contributed by atoms with Gasteiger partial charge in [0.15, 0.2) is 0 Å². The largest absolute Gasteiger partial charge is 0.508 e. The van der Waals surface area contributed by atoms with Crippen molar-refractivity contribution in [2.45, 2.75) is 12.5 Å². The second kappa shape index (κ2) is 5.21. The van der Waals surface area contributed by atoms with Crippen LogP contribution < -0.4 is 11.9 Å². The predicted octanol–water partition coefficient (Wildman–Crippen LogP) is 0.509. The molecule has 0 saturated heterocycles. The fraction of sp³-hybridized carbons (Fsp3) is 0.222. The van der Waals surface area contributed by atoms with Gasteiger partial charge in [-0.3, -0.25) is 4.79 Å². The lowest BCUT2D eigenvalue weighted by molar-refractivity contribution is -0.138. The maximum Gasteiger partial charge on any atom is 0.320 e. The molecule has 5 nitrogen and oxygen atoms in total. The third-order valence-corrected chi connectivity index (χ3v) is 1.71. The molecule has 0 aromatic heterocycles. The van der Waals surface area contributed by atoms with Crippen LogP contribution in [0.2, 0.25) is 0 Å². The number of aromatic hydroxyl groups is 1. The Bertz CT molecular complexity index is 297. The fourth-order valence-corrected chi connectivity index (χ4v) is 0.973. The number of hydrogen-bond donors (Lipinski definition) is 4. The number of phenolic OH excluding ortho intramolecular Hbond substituents is 1. The first-order chi connectivity index (χ1) is 6.09. The highest BCUT2D eigenvalue weighted by Gasteiger charge is 2.11. The van der Waals surface area contributed by atoms with Gasteiger partial charge in [0, 0.05) is 0 Å². The van der Waals surface area contributed by atoms with Gasteiger partial charge in [-0.2, -0.15) is 0 Å². The molecule has 0 heterocycles. The average molecular weight is 198 g/mol. The minimum Gasteiger partial charge on any atom is -0.508 e. The second-order valence-electron chi connectivity index (χ2n) is 2.82. The molecule has 1 aromatic carbocycles. The minimum absolute atomic E-state index is 0. The molecule has 0 fully saturated rings. The molecule has 1 atom stereocenters. The van der Waals surface area contributed by atoms with Crippen molar-refractivity contribution in [3.8, 4) is 5.75 Å². The van der Waals surface area contributed by atoms with Crippen LogP contribution in [0.3, 0.4) is 0 Å².